The van der Waals surface area contributed by atoms with E-state index >= 15 is 0 Å². The molecular formula is C15H16O3. The SMILES string of the molecule is Cc1ccc(C(O)c2ccc3c(c2)CC(C)O3)o1. The highest BCUT2D eigenvalue weighted by Gasteiger charge is 2.21. The highest BCUT2D eigenvalue weighted by atomic mass is 16.5. The van der Waals surface area contributed by atoms with Gasteiger partial charge in [-0.1, -0.05) is 6.07 Å². The van der Waals surface area contributed by atoms with Crippen molar-refractivity contribution in [3.63, 3.8) is 0 Å². The average molecular weight is 244 g/mol. The first-order chi connectivity index (χ1) is 8.63. The predicted molar refractivity (Wildman–Crippen MR) is 67.7 cm³/mol. The van der Waals surface area contributed by atoms with Gasteiger partial charge in [-0.05, 0) is 49.2 Å². The number of hydrogen-bond acceptors (Lipinski definition) is 3. The minimum atomic E-state index is -0.708. The molecule has 18 heavy (non-hydrogen) atoms. The van der Waals surface area contributed by atoms with Gasteiger partial charge in [0.15, 0.2) is 0 Å². The Balaban J connectivity index is 1.91. The second kappa shape index (κ2) is 4.18. The van der Waals surface area contributed by atoms with E-state index in [0.29, 0.717) is 5.76 Å². The fourth-order valence-electron chi connectivity index (χ4n) is 2.38. The number of aliphatic hydroxyl groups excluding tert-OH is 1. The molecular weight excluding hydrogens is 228 g/mol. The fraction of sp³-hybridized carbons (Fsp3) is 0.333. The zero-order valence-corrected chi connectivity index (χ0v) is 10.5. The highest BCUT2D eigenvalue weighted by Crippen LogP contribution is 2.33. The zero-order chi connectivity index (χ0) is 12.7. The van der Waals surface area contributed by atoms with E-state index in [-0.39, 0.29) is 6.10 Å². The van der Waals surface area contributed by atoms with E-state index < -0.39 is 6.10 Å². The van der Waals surface area contributed by atoms with E-state index in [0.717, 1.165) is 29.1 Å². The van der Waals surface area contributed by atoms with Crippen molar-refractivity contribution < 1.29 is 14.3 Å². The molecule has 3 nitrogen and oxygen atoms in total. The summed E-state index contributed by atoms with van der Waals surface area (Å²) < 4.78 is 11.1. The molecule has 0 saturated heterocycles. The Hall–Kier alpha value is -1.74. The molecule has 0 radical (unpaired) electrons. The molecule has 2 aromatic rings. The van der Waals surface area contributed by atoms with E-state index in [2.05, 4.69) is 0 Å². The Morgan fingerprint density at radius 1 is 1.28 bits per heavy atom. The van der Waals surface area contributed by atoms with Crippen LogP contribution in [-0.2, 0) is 6.42 Å². The molecule has 3 heteroatoms. The fourth-order valence-corrected chi connectivity index (χ4v) is 2.38. The Morgan fingerprint density at radius 2 is 2.11 bits per heavy atom. The second-order valence-electron chi connectivity index (χ2n) is 4.85. The normalized spacial score (nSPS) is 19.4. The van der Waals surface area contributed by atoms with Crippen molar-refractivity contribution in [2.45, 2.75) is 32.5 Å². The molecule has 1 N–H and O–H groups in total. The van der Waals surface area contributed by atoms with Gasteiger partial charge in [0.05, 0.1) is 0 Å². The van der Waals surface area contributed by atoms with Gasteiger partial charge < -0.3 is 14.3 Å². The van der Waals surface area contributed by atoms with Crippen LogP contribution in [0.2, 0.25) is 0 Å². The number of aliphatic hydroxyl groups is 1. The lowest BCUT2D eigenvalue weighted by atomic mass is 10.0. The van der Waals surface area contributed by atoms with Gasteiger partial charge in [-0.15, -0.1) is 0 Å². The van der Waals surface area contributed by atoms with E-state index in [9.17, 15) is 5.11 Å². The van der Waals surface area contributed by atoms with E-state index in [4.69, 9.17) is 9.15 Å². The van der Waals surface area contributed by atoms with Gasteiger partial charge in [0.2, 0.25) is 0 Å². The molecule has 1 aliphatic rings. The lowest BCUT2D eigenvalue weighted by Gasteiger charge is -2.09. The van der Waals surface area contributed by atoms with E-state index in [1.54, 1.807) is 0 Å². The summed E-state index contributed by atoms with van der Waals surface area (Å²) >= 11 is 0. The van der Waals surface area contributed by atoms with Crippen LogP contribution in [0.4, 0.5) is 0 Å². The van der Waals surface area contributed by atoms with Crippen LogP contribution >= 0.6 is 0 Å². The van der Waals surface area contributed by atoms with E-state index in [1.165, 1.54) is 0 Å². The monoisotopic (exact) mass is 244 g/mol. The lowest BCUT2D eigenvalue weighted by molar-refractivity contribution is 0.187. The maximum atomic E-state index is 10.3. The third kappa shape index (κ3) is 1.91. The van der Waals surface area contributed by atoms with Crippen molar-refractivity contribution in [3.8, 4) is 5.75 Å². The number of benzene rings is 1. The summed E-state index contributed by atoms with van der Waals surface area (Å²) in [7, 11) is 0. The van der Waals surface area contributed by atoms with Gasteiger partial charge >= 0.3 is 0 Å². The maximum absolute atomic E-state index is 10.3. The molecule has 1 aromatic carbocycles. The molecule has 1 aliphatic heterocycles. The number of furan rings is 1. The van der Waals surface area contributed by atoms with E-state index in [1.807, 2.05) is 44.2 Å². The van der Waals surface area contributed by atoms with Crippen molar-refractivity contribution in [2.75, 3.05) is 0 Å². The second-order valence-corrected chi connectivity index (χ2v) is 4.85. The minimum Gasteiger partial charge on any atom is -0.490 e. The van der Waals surface area contributed by atoms with Crippen molar-refractivity contribution >= 4 is 0 Å². The van der Waals surface area contributed by atoms with Gasteiger partial charge in [0.1, 0.15) is 29.5 Å². The van der Waals surface area contributed by atoms with Gasteiger partial charge in [-0.3, -0.25) is 0 Å². The summed E-state index contributed by atoms with van der Waals surface area (Å²) in [5.74, 6) is 2.32. The molecule has 0 saturated carbocycles. The molecule has 0 fully saturated rings. The van der Waals surface area contributed by atoms with Crippen LogP contribution in [0.15, 0.2) is 34.7 Å². The smallest absolute Gasteiger partial charge is 0.137 e. The summed E-state index contributed by atoms with van der Waals surface area (Å²) in [5, 5.41) is 10.3. The summed E-state index contributed by atoms with van der Waals surface area (Å²) in [4.78, 5) is 0. The number of hydrogen-bond donors (Lipinski definition) is 1. The standard InChI is InChI=1S/C15H16O3/c1-9-3-5-14(17-9)15(16)11-4-6-13-12(8-11)7-10(2)18-13/h3-6,8,10,15-16H,7H2,1-2H3. The summed E-state index contributed by atoms with van der Waals surface area (Å²) in [6, 6.07) is 9.48. The molecule has 0 amide bonds. The van der Waals surface area contributed by atoms with Crippen LogP contribution in [0.1, 0.15) is 35.7 Å². The average Bonchev–Trinajstić information content (AvgIpc) is 2.92. The summed E-state index contributed by atoms with van der Waals surface area (Å²) in [6.07, 6.45) is 0.408. The van der Waals surface area contributed by atoms with Gasteiger partial charge in [0, 0.05) is 6.42 Å². The van der Waals surface area contributed by atoms with Gasteiger partial charge in [0.25, 0.3) is 0 Å². The van der Waals surface area contributed by atoms with Gasteiger partial charge in [-0.2, -0.15) is 0 Å². The third-order valence-electron chi connectivity index (χ3n) is 3.27. The first-order valence-corrected chi connectivity index (χ1v) is 6.17. The van der Waals surface area contributed by atoms with Crippen molar-refractivity contribution in [1.82, 2.24) is 0 Å². The molecule has 3 rings (SSSR count). The summed E-state index contributed by atoms with van der Waals surface area (Å²) in [5.41, 5.74) is 2.00. The van der Waals surface area contributed by atoms with Crippen molar-refractivity contribution in [2.24, 2.45) is 0 Å². The van der Waals surface area contributed by atoms with Crippen LogP contribution in [0.3, 0.4) is 0 Å². The van der Waals surface area contributed by atoms with Crippen LogP contribution < -0.4 is 4.74 Å². The van der Waals surface area contributed by atoms with Crippen molar-refractivity contribution in [3.05, 3.63) is 53.0 Å². The molecule has 0 spiro atoms. The molecule has 1 aromatic heterocycles. The maximum Gasteiger partial charge on any atom is 0.137 e. The largest absolute Gasteiger partial charge is 0.490 e. The van der Waals surface area contributed by atoms with Crippen LogP contribution in [0.5, 0.6) is 5.75 Å². The number of ether oxygens (including phenoxy) is 1. The highest BCUT2D eigenvalue weighted by molar-refractivity contribution is 5.42. The third-order valence-corrected chi connectivity index (χ3v) is 3.27. The molecule has 0 aliphatic carbocycles. The Kier molecular flexibility index (Phi) is 2.63. The first kappa shape index (κ1) is 11.4. The molecule has 2 atom stereocenters. The Bertz CT molecular complexity index is 571. The summed E-state index contributed by atoms with van der Waals surface area (Å²) in [6.45, 7) is 3.92. The Morgan fingerprint density at radius 3 is 2.83 bits per heavy atom. The Labute approximate surface area is 106 Å². The topological polar surface area (TPSA) is 42.6 Å². The zero-order valence-electron chi connectivity index (χ0n) is 10.5. The lowest BCUT2D eigenvalue weighted by Crippen LogP contribution is -2.05. The quantitative estimate of drug-likeness (QED) is 0.883. The first-order valence-electron chi connectivity index (χ1n) is 6.17. The number of aryl methyl sites for hydroxylation is 1. The van der Waals surface area contributed by atoms with Crippen LogP contribution in [0, 0.1) is 6.92 Å². The minimum absolute atomic E-state index is 0.221. The molecule has 2 unspecified atom stereocenters. The molecule has 2 heterocycles. The predicted octanol–water partition coefficient (Wildman–Crippen LogP) is 2.99. The van der Waals surface area contributed by atoms with Crippen LogP contribution in [-0.4, -0.2) is 11.2 Å². The van der Waals surface area contributed by atoms with Gasteiger partial charge in [-0.25, -0.2) is 0 Å². The van der Waals surface area contributed by atoms with Crippen molar-refractivity contribution in [1.29, 1.82) is 0 Å². The number of fused-ring (bicyclic) bond motifs is 1. The molecule has 0 bridgehead atoms. The van der Waals surface area contributed by atoms with Crippen LogP contribution in [0.25, 0.3) is 0 Å². The molecule has 94 valence electrons. The number of rotatable bonds is 2.